The van der Waals surface area contributed by atoms with Crippen LogP contribution in [0.5, 0.6) is 0 Å². The van der Waals surface area contributed by atoms with E-state index in [1.54, 1.807) is 6.92 Å². The monoisotopic (exact) mass is 252 g/mol. The lowest BCUT2D eigenvalue weighted by atomic mass is 10.5. The van der Waals surface area contributed by atoms with Crippen molar-refractivity contribution in [2.24, 2.45) is 0 Å². The van der Waals surface area contributed by atoms with Crippen molar-refractivity contribution in [1.82, 2.24) is 0 Å². The van der Waals surface area contributed by atoms with Gasteiger partial charge in [-0.15, -0.1) is 11.8 Å². The van der Waals surface area contributed by atoms with Crippen LogP contribution in [-0.2, 0) is 19.1 Å². The third kappa shape index (κ3) is 7.49. The second-order valence-corrected chi connectivity index (χ2v) is 4.06. The topological polar surface area (TPSA) is 93.1 Å². The molecule has 2 atom stereocenters. The Balaban J connectivity index is 0.000000385. The van der Waals surface area contributed by atoms with Crippen molar-refractivity contribution in [1.29, 1.82) is 0 Å². The van der Waals surface area contributed by atoms with E-state index < -0.39 is 12.3 Å². The number of carboxylic acids is 1. The van der Waals surface area contributed by atoms with Gasteiger partial charge in [0.2, 0.25) is 6.29 Å². The lowest BCUT2D eigenvalue weighted by molar-refractivity contribution is -0.171. The smallest absolute Gasteiger partial charge is 0.304 e. The molecule has 1 aliphatic heterocycles. The zero-order valence-electron chi connectivity index (χ0n) is 9.21. The number of aliphatic carboxylic acids is 1. The third-order valence-electron chi connectivity index (χ3n) is 1.47. The molecule has 0 radical (unpaired) electrons. The van der Waals surface area contributed by atoms with Gasteiger partial charge in [-0.25, -0.2) is 0 Å². The maximum atomic E-state index is 10.4. The fourth-order valence-corrected chi connectivity index (χ4v) is 1.60. The molecule has 2 N–H and O–H groups in total. The van der Waals surface area contributed by atoms with Gasteiger partial charge >= 0.3 is 11.9 Å². The van der Waals surface area contributed by atoms with Crippen molar-refractivity contribution in [2.75, 3.05) is 12.4 Å². The summed E-state index contributed by atoms with van der Waals surface area (Å²) in [5.74, 6) is -0.496. The van der Waals surface area contributed by atoms with E-state index in [0.717, 1.165) is 0 Å². The Bertz CT molecular complexity index is 232. The van der Waals surface area contributed by atoms with Crippen LogP contribution in [0.4, 0.5) is 0 Å². The average Bonchev–Trinajstić information content (AvgIpc) is 2.65. The Morgan fingerprint density at radius 1 is 1.56 bits per heavy atom. The summed E-state index contributed by atoms with van der Waals surface area (Å²) in [7, 11) is 0. The van der Waals surface area contributed by atoms with Gasteiger partial charge < -0.3 is 19.7 Å². The van der Waals surface area contributed by atoms with Crippen LogP contribution in [0.1, 0.15) is 20.3 Å². The van der Waals surface area contributed by atoms with E-state index in [9.17, 15) is 9.59 Å². The van der Waals surface area contributed by atoms with Gasteiger partial charge in [0.15, 0.2) is 0 Å². The van der Waals surface area contributed by atoms with Gasteiger partial charge in [-0.1, -0.05) is 6.92 Å². The molecule has 1 heterocycles. The highest BCUT2D eigenvalue weighted by Crippen LogP contribution is 2.25. The van der Waals surface area contributed by atoms with Gasteiger partial charge in [0.05, 0.1) is 12.4 Å². The molecular weight excluding hydrogens is 236 g/mol. The Hall–Kier alpha value is -0.790. The number of carboxylic acid groups (broad SMARTS) is 1. The minimum atomic E-state index is -0.745. The Morgan fingerprint density at radius 2 is 2.12 bits per heavy atom. The molecule has 0 saturated carbocycles. The molecule has 0 spiro atoms. The SMILES string of the molecule is CC(=O)OC1CSC(CO)O1.CCC(=O)O. The number of ether oxygens (including phenoxy) is 2. The first-order valence-corrected chi connectivity index (χ1v) is 5.81. The number of hydrogen-bond donors (Lipinski definition) is 2. The van der Waals surface area contributed by atoms with Crippen molar-refractivity contribution in [3.63, 3.8) is 0 Å². The fourth-order valence-electron chi connectivity index (χ4n) is 0.776. The summed E-state index contributed by atoms with van der Waals surface area (Å²) in [4.78, 5) is 19.8. The predicted octanol–water partition coefficient (Wildman–Crippen LogP) is 0.438. The van der Waals surface area contributed by atoms with Crippen LogP contribution >= 0.6 is 11.8 Å². The van der Waals surface area contributed by atoms with Crippen LogP contribution in [0.25, 0.3) is 0 Å². The van der Waals surface area contributed by atoms with Gasteiger partial charge in [0.1, 0.15) is 5.44 Å². The molecule has 0 amide bonds. The van der Waals surface area contributed by atoms with Gasteiger partial charge in [-0.2, -0.15) is 0 Å². The highest BCUT2D eigenvalue weighted by Gasteiger charge is 2.26. The Morgan fingerprint density at radius 3 is 2.44 bits per heavy atom. The summed E-state index contributed by atoms with van der Waals surface area (Å²) in [6.07, 6.45) is -0.255. The van der Waals surface area contributed by atoms with E-state index in [-0.39, 0.29) is 24.4 Å². The third-order valence-corrected chi connectivity index (χ3v) is 2.57. The summed E-state index contributed by atoms with van der Waals surface area (Å²) >= 11 is 1.44. The molecule has 16 heavy (non-hydrogen) atoms. The quantitative estimate of drug-likeness (QED) is 0.704. The molecule has 0 aromatic rings. The molecule has 94 valence electrons. The average molecular weight is 252 g/mol. The van der Waals surface area contributed by atoms with E-state index in [1.807, 2.05) is 0 Å². The van der Waals surface area contributed by atoms with E-state index in [4.69, 9.17) is 19.7 Å². The molecule has 0 aliphatic carbocycles. The lowest BCUT2D eigenvalue weighted by Crippen LogP contribution is -2.20. The van der Waals surface area contributed by atoms with Crippen molar-refractivity contribution in [3.05, 3.63) is 0 Å². The molecule has 1 rings (SSSR count). The predicted molar refractivity (Wildman–Crippen MR) is 57.9 cm³/mol. The van der Waals surface area contributed by atoms with E-state index in [1.165, 1.54) is 18.7 Å². The van der Waals surface area contributed by atoms with E-state index in [0.29, 0.717) is 5.75 Å². The number of thioether (sulfide) groups is 1. The summed E-state index contributed by atoms with van der Waals surface area (Å²) < 4.78 is 9.84. The largest absolute Gasteiger partial charge is 0.481 e. The summed E-state index contributed by atoms with van der Waals surface area (Å²) in [5, 5.41) is 16.4. The van der Waals surface area contributed by atoms with Crippen LogP contribution in [0.15, 0.2) is 0 Å². The van der Waals surface area contributed by atoms with Gasteiger partial charge in [-0.05, 0) is 0 Å². The van der Waals surface area contributed by atoms with Crippen LogP contribution in [0.2, 0.25) is 0 Å². The molecule has 1 aliphatic rings. The first-order chi connectivity index (χ1) is 7.49. The van der Waals surface area contributed by atoms with Gasteiger partial charge in [0.25, 0.3) is 0 Å². The minimum absolute atomic E-state index is 0.0393. The molecule has 0 aromatic heterocycles. The van der Waals surface area contributed by atoms with Gasteiger partial charge in [-0.3, -0.25) is 9.59 Å². The molecular formula is C9H16O6S. The molecule has 7 heteroatoms. The highest BCUT2D eigenvalue weighted by atomic mass is 32.2. The standard InChI is InChI=1S/C6H10O4S.C3H6O2/c1-4(8)9-5-3-11-6(2-7)10-5;1-2-3(4)5/h5-7H,2-3H2,1H3;2H2,1H3,(H,4,5). The van der Waals surface area contributed by atoms with Crippen LogP contribution in [-0.4, -0.2) is 46.2 Å². The Labute approximate surface area is 97.9 Å². The fraction of sp³-hybridized carbons (Fsp3) is 0.778. The van der Waals surface area contributed by atoms with E-state index in [2.05, 4.69) is 0 Å². The van der Waals surface area contributed by atoms with Gasteiger partial charge in [0, 0.05) is 13.3 Å². The zero-order chi connectivity index (χ0) is 12.6. The number of rotatable bonds is 3. The maximum Gasteiger partial charge on any atom is 0.304 e. The maximum absolute atomic E-state index is 10.4. The molecule has 2 unspecified atom stereocenters. The number of carbonyl (C=O) groups excluding carboxylic acids is 1. The minimum Gasteiger partial charge on any atom is -0.481 e. The number of aliphatic hydroxyl groups is 1. The number of hydrogen-bond acceptors (Lipinski definition) is 6. The molecule has 6 nitrogen and oxygen atoms in total. The first kappa shape index (κ1) is 15.2. The molecule has 0 bridgehead atoms. The second kappa shape index (κ2) is 8.37. The zero-order valence-corrected chi connectivity index (χ0v) is 10.0. The Kier molecular flexibility index (Phi) is 7.96. The van der Waals surface area contributed by atoms with Crippen molar-refractivity contribution in [3.8, 4) is 0 Å². The van der Waals surface area contributed by atoms with Crippen molar-refractivity contribution in [2.45, 2.75) is 32.0 Å². The number of carbonyl (C=O) groups is 2. The van der Waals surface area contributed by atoms with E-state index >= 15 is 0 Å². The molecule has 0 aromatic carbocycles. The van der Waals surface area contributed by atoms with Crippen molar-refractivity contribution >= 4 is 23.7 Å². The van der Waals surface area contributed by atoms with Crippen LogP contribution < -0.4 is 0 Å². The van der Waals surface area contributed by atoms with Crippen molar-refractivity contribution < 1.29 is 29.3 Å². The second-order valence-electron chi connectivity index (χ2n) is 2.87. The number of aliphatic hydroxyl groups excluding tert-OH is 1. The van der Waals surface area contributed by atoms with Crippen LogP contribution in [0, 0.1) is 0 Å². The van der Waals surface area contributed by atoms with Crippen LogP contribution in [0.3, 0.4) is 0 Å². The summed E-state index contributed by atoms with van der Waals surface area (Å²) in [6.45, 7) is 2.89. The summed E-state index contributed by atoms with van der Waals surface area (Å²) in [5.41, 5.74) is -0.237. The summed E-state index contributed by atoms with van der Waals surface area (Å²) in [6, 6.07) is 0. The molecule has 1 saturated heterocycles. The highest BCUT2D eigenvalue weighted by molar-refractivity contribution is 8.00. The molecule has 1 fully saturated rings. The lowest BCUT2D eigenvalue weighted by Gasteiger charge is -2.09. The number of esters is 1. The normalized spacial score (nSPS) is 23.2. The first-order valence-electron chi connectivity index (χ1n) is 4.76.